The molecule has 0 aliphatic carbocycles. The van der Waals surface area contributed by atoms with E-state index in [0.29, 0.717) is 17.0 Å². The molecule has 1 aromatic heterocycles. The van der Waals surface area contributed by atoms with Gasteiger partial charge in [-0.05, 0) is 53.8 Å². The number of pyridine rings is 1. The van der Waals surface area contributed by atoms with Crippen molar-refractivity contribution in [3.63, 3.8) is 0 Å². The summed E-state index contributed by atoms with van der Waals surface area (Å²) in [5, 5.41) is 9.29. The predicted molar refractivity (Wildman–Crippen MR) is 107 cm³/mol. The second-order valence-corrected chi connectivity index (χ2v) is 7.58. The van der Waals surface area contributed by atoms with Gasteiger partial charge in [-0.1, -0.05) is 45.0 Å². The quantitative estimate of drug-likeness (QED) is 0.690. The van der Waals surface area contributed by atoms with Crippen LogP contribution in [0.1, 0.15) is 37.6 Å². The van der Waals surface area contributed by atoms with Gasteiger partial charge in [-0.3, -0.25) is 4.79 Å². The summed E-state index contributed by atoms with van der Waals surface area (Å²) in [6.45, 7) is 8.32. The van der Waals surface area contributed by atoms with Crippen molar-refractivity contribution < 1.29 is 4.74 Å². The molecule has 0 saturated carbocycles. The van der Waals surface area contributed by atoms with Crippen LogP contribution < -0.4 is 10.3 Å². The van der Waals surface area contributed by atoms with E-state index in [9.17, 15) is 10.1 Å². The fourth-order valence-corrected chi connectivity index (χ4v) is 2.89. The molecule has 0 bridgehead atoms. The number of hydrogen-bond acceptors (Lipinski definition) is 3. The molecule has 0 radical (unpaired) electrons. The third-order valence-corrected chi connectivity index (χ3v) is 4.40. The number of benzene rings is 2. The molecule has 136 valence electrons. The minimum absolute atomic E-state index is 0.101. The molecule has 0 atom stereocenters. The molecule has 0 unspecified atom stereocenters. The smallest absolute Gasteiger partial charge is 0.266 e. The highest BCUT2D eigenvalue weighted by Crippen LogP contribution is 2.29. The van der Waals surface area contributed by atoms with Crippen molar-refractivity contribution in [1.29, 1.82) is 5.26 Å². The summed E-state index contributed by atoms with van der Waals surface area (Å²) < 4.78 is 5.91. The third kappa shape index (κ3) is 4.09. The molecule has 4 nitrogen and oxygen atoms in total. The molecule has 0 spiro atoms. The Balaban J connectivity index is 1.85. The van der Waals surface area contributed by atoms with Crippen molar-refractivity contribution >= 4 is 0 Å². The number of nitrogens with zero attached hydrogens (tertiary/aromatic N) is 1. The van der Waals surface area contributed by atoms with Gasteiger partial charge >= 0.3 is 0 Å². The minimum atomic E-state index is -0.369. The van der Waals surface area contributed by atoms with Crippen LogP contribution in [0.15, 0.2) is 59.4 Å². The molecule has 0 saturated heterocycles. The highest BCUT2D eigenvalue weighted by molar-refractivity contribution is 5.70. The lowest BCUT2D eigenvalue weighted by Crippen LogP contribution is -2.12. The number of rotatable bonds is 3. The summed E-state index contributed by atoms with van der Waals surface area (Å²) in [5.74, 6) is 1.46. The van der Waals surface area contributed by atoms with Crippen LogP contribution in [-0.2, 0) is 5.41 Å². The van der Waals surface area contributed by atoms with Crippen LogP contribution in [0.25, 0.3) is 11.1 Å². The lowest BCUT2D eigenvalue weighted by Gasteiger charge is -2.19. The zero-order valence-electron chi connectivity index (χ0n) is 16.0. The first-order valence-corrected chi connectivity index (χ1v) is 8.81. The Morgan fingerprint density at radius 1 is 0.963 bits per heavy atom. The first kappa shape index (κ1) is 18.5. The lowest BCUT2D eigenvalue weighted by molar-refractivity contribution is 0.481. The van der Waals surface area contributed by atoms with Crippen LogP contribution in [0.5, 0.6) is 11.5 Å². The molecule has 1 N–H and O–H groups in total. The molecule has 0 aliphatic rings. The van der Waals surface area contributed by atoms with Crippen LogP contribution in [0.4, 0.5) is 0 Å². The fraction of sp³-hybridized carbons (Fsp3) is 0.217. The van der Waals surface area contributed by atoms with Crippen molar-refractivity contribution in [3.8, 4) is 28.7 Å². The van der Waals surface area contributed by atoms with Crippen LogP contribution in [0, 0.1) is 18.3 Å². The number of nitriles is 1. The summed E-state index contributed by atoms with van der Waals surface area (Å²) in [5.41, 5.74) is 3.24. The Kier molecular flexibility index (Phi) is 4.87. The second-order valence-electron chi connectivity index (χ2n) is 7.58. The topological polar surface area (TPSA) is 65.9 Å². The number of H-pyrrole nitrogens is 1. The minimum Gasteiger partial charge on any atom is -0.457 e. The van der Waals surface area contributed by atoms with Gasteiger partial charge < -0.3 is 9.72 Å². The van der Waals surface area contributed by atoms with Crippen molar-refractivity contribution in [1.82, 2.24) is 4.98 Å². The summed E-state index contributed by atoms with van der Waals surface area (Å²) >= 11 is 0. The second kappa shape index (κ2) is 7.13. The molecule has 4 heteroatoms. The zero-order valence-corrected chi connectivity index (χ0v) is 16.0. The van der Waals surface area contributed by atoms with Crippen molar-refractivity contribution in [3.05, 3.63) is 81.8 Å². The van der Waals surface area contributed by atoms with Gasteiger partial charge in [0.1, 0.15) is 23.1 Å². The number of nitrogens with one attached hydrogen (secondary N) is 1. The molecular formula is C23H22N2O2. The lowest BCUT2D eigenvalue weighted by atomic mass is 9.87. The molecular weight excluding hydrogens is 336 g/mol. The van der Waals surface area contributed by atoms with Gasteiger partial charge in [-0.2, -0.15) is 5.26 Å². The Labute approximate surface area is 159 Å². The number of ether oxygens (including phenoxy) is 1. The average molecular weight is 358 g/mol. The van der Waals surface area contributed by atoms with E-state index >= 15 is 0 Å². The van der Waals surface area contributed by atoms with Gasteiger partial charge in [0, 0.05) is 11.3 Å². The maximum absolute atomic E-state index is 12.0. The van der Waals surface area contributed by atoms with Gasteiger partial charge in [0.2, 0.25) is 0 Å². The van der Waals surface area contributed by atoms with E-state index in [-0.39, 0.29) is 16.5 Å². The van der Waals surface area contributed by atoms with Gasteiger partial charge in [0.25, 0.3) is 5.56 Å². The largest absolute Gasteiger partial charge is 0.457 e. The summed E-state index contributed by atoms with van der Waals surface area (Å²) in [7, 11) is 0. The summed E-state index contributed by atoms with van der Waals surface area (Å²) in [6, 6.07) is 19.2. The van der Waals surface area contributed by atoms with E-state index in [1.54, 1.807) is 13.0 Å². The maximum Gasteiger partial charge on any atom is 0.266 e. The van der Waals surface area contributed by atoms with Gasteiger partial charge in [0.15, 0.2) is 0 Å². The van der Waals surface area contributed by atoms with Crippen LogP contribution in [0.2, 0.25) is 0 Å². The number of aryl methyl sites for hydroxylation is 1. The Morgan fingerprint density at radius 3 is 2.04 bits per heavy atom. The van der Waals surface area contributed by atoms with Crippen molar-refractivity contribution in [2.45, 2.75) is 33.1 Å². The van der Waals surface area contributed by atoms with E-state index < -0.39 is 0 Å². The molecule has 3 rings (SSSR count). The van der Waals surface area contributed by atoms with Gasteiger partial charge in [-0.25, -0.2) is 0 Å². The highest BCUT2D eigenvalue weighted by atomic mass is 16.5. The Bertz CT molecular complexity index is 1050. The molecule has 0 fully saturated rings. The SMILES string of the molecule is Cc1cc(-c2ccc(Oc3ccc(C(C)(C)C)cc3)cc2)c(C#N)c(=O)[nH]1. The normalized spacial score (nSPS) is 11.1. The number of aromatic nitrogens is 1. The Hall–Kier alpha value is -3.32. The van der Waals surface area contributed by atoms with Gasteiger partial charge in [-0.15, -0.1) is 0 Å². The molecule has 0 amide bonds. The molecule has 27 heavy (non-hydrogen) atoms. The molecule has 2 aromatic carbocycles. The first-order valence-electron chi connectivity index (χ1n) is 8.81. The summed E-state index contributed by atoms with van der Waals surface area (Å²) in [4.78, 5) is 14.6. The number of aromatic amines is 1. The van der Waals surface area contributed by atoms with E-state index in [4.69, 9.17) is 4.74 Å². The van der Waals surface area contributed by atoms with E-state index in [1.807, 2.05) is 42.5 Å². The average Bonchev–Trinajstić information content (AvgIpc) is 2.61. The van der Waals surface area contributed by atoms with Crippen LogP contribution in [0.3, 0.4) is 0 Å². The van der Waals surface area contributed by atoms with Crippen LogP contribution in [-0.4, -0.2) is 4.98 Å². The summed E-state index contributed by atoms with van der Waals surface area (Å²) in [6.07, 6.45) is 0. The number of hydrogen-bond donors (Lipinski definition) is 1. The molecule has 3 aromatic rings. The van der Waals surface area contributed by atoms with E-state index in [2.05, 4.69) is 37.9 Å². The predicted octanol–water partition coefficient (Wildman–Crippen LogP) is 5.31. The van der Waals surface area contributed by atoms with E-state index in [1.165, 1.54) is 5.56 Å². The fourth-order valence-electron chi connectivity index (χ4n) is 2.89. The van der Waals surface area contributed by atoms with E-state index in [0.717, 1.165) is 11.3 Å². The highest BCUT2D eigenvalue weighted by Gasteiger charge is 2.13. The van der Waals surface area contributed by atoms with Crippen molar-refractivity contribution in [2.24, 2.45) is 0 Å². The monoisotopic (exact) mass is 358 g/mol. The standard InChI is InChI=1S/C23H22N2O2/c1-15-13-20(21(14-24)22(26)25-15)16-5-9-18(10-6-16)27-19-11-7-17(8-12-19)23(2,3)4/h5-13H,1-4H3,(H,25,26). The molecule has 1 heterocycles. The third-order valence-electron chi connectivity index (χ3n) is 4.40. The maximum atomic E-state index is 12.0. The first-order chi connectivity index (χ1) is 12.8. The zero-order chi connectivity index (χ0) is 19.6. The Morgan fingerprint density at radius 2 is 1.52 bits per heavy atom. The van der Waals surface area contributed by atoms with Gasteiger partial charge in [0.05, 0.1) is 0 Å². The molecule has 0 aliphatic heterocycles. The van der Waals surface area contributed by atoms with Crippen molar-refractivity contribution in [2.75, 3.05) is 0 Å². The van der Waals surface area contributed by atoms with Crippen LogP contribution >= 0.6 is 0 Å².